The second kappa shape index (κ2) is 10.0. The number of alkyl halides is 3. The molecule has 1 saturated heterocycles. The van der Waals surface area contributed by atoms with Gasteiger partial charge in [0.25, 0.3) is 5.91 Å². The summed E-state index contributed by atoms with van der Waals surface area (Å²) in [6, 6.07) is 6.42. The maximum Gasteiger partial charge on any atom is 0.399 e. The largest absolute Gasteiger partial charge is 0.616 e. The van der Waals surface area contributed by atoms with Crippen LogP contribution in [0.2, 0.25) is 10.0 Å². The molecule has 0 aliphatic carbocycles. The lowest BCUT2D eigenvalue weighted by atomic mass is 9.95. The summed E-state index contributed by atoms with van der Waals surface area (Å²) >= 11 is 10.4. The first kappa shape index (κ1) is 24.9. The summed E-state index contributed by atoms with van der Waals surface area (Å²) < 4.78 is 65.8. The van der Waals surface area contributed by atoms with Gasteiger partial charge in [-0.1, -0.05) is 54.4 Å². The van der Waals surface area contributed by atoms with Crippen LogP contribution in [0.5, 0.6) is 0 Å². The molecule has 0 aromatic heterocycles. The van der Waals surface area contributed by atoms with Crippen LogP contribution in [-0.4, -0.2) is 34.2 Å². The predicted molar refractivity (Wildman–Crippen MR) is 119 cm³/mol. The van der Waals surface area contributed by atoms with Gasteiger partial charge >= 0.3 is 6.18 Å². The molecule has 1 N–H and O–H groups in total. The minimum absolute atomic E-state index is 0.130. The highest BCUT2D eigenvalue weighted by Crippen LogP contribution is 2.39. The molecule has 1 amide bonds. The van der Waals surface area contributed by atoms with Gasteiger partial charge in [0, 0.05) is 5.56 Å². The van der Waals surface area contributed by atoms with E-state index in [9.17, 15) is 26.9 Å². The number of halogens is 6. The highest BCUT2D eigenvalue weighted by molar-refractivity contribution is 7.92. The van der Waals surface area contributed by atoms with Crippen molar-refractivity contribution in [3.05, 3.63) is 74.5 Å². The van der Waals surface area contributed by atoms with Gasteiger partial charge in [-0.15, -0.1) is 0 Å². The molecule has 1 fully saturated rings. The van der Waals surface area contributed by atoms with Gasteiger partial charge in [0.1, 0.15) is 17.5 Å². The van der Waals surface area contributed by atoms with Crippen LogP contribution in [0.1, 0.15) is 39.9 Å². The quantitative estimate of drug-likeness (QED) is 0.300. The summed E-state index contributed by atoms with van der Waals surface area (Å²) in [5.74, 6) is -2.49. The van der Waals surface area contributed by atoms with Crippen molar-refractivity contribution < 1.29 is 26.9 Å². The van der Waals surface area contributed by atoms with Gasteiger partial charge in [-0.2, -0.15) is 13.2 Å². The van der Waals surface area contributed by atoms with Crippen LogP contribution < -0.4 is 5.32 Å². The van der Waals surface area contributed by atoms with Crippen LogP contribution in [0.15, 0.2) is 36.4 Å². The molecule has 32 heavy (non-hydrogen) atoms. The summed E-state index contributed by atoms with van der Waals surface area (Å²) in [5.41, 5.74) is 1.28. The molecule has 10 heteroatoms. The minimum Gasteiger partial charge on any atom is -0.616 e. The van der Waals surface area contributed by atoms with Crippen molar-refractivity contribution in [3.8, 4) is 0 Å². The average molecular weight is 508 g/mol. The third-order valence-corrected chi connectivity index (χ3v) is 7.16. The Labute approximate surface area is 196 Å². The molecule has 0 spiro atoms. The minimum atomic E-state index is -4.66. The van der Waals surface area contributed by atoms with Crippen molar-refractivity contribution in [3.63, 3.8) is 0 Å². The normalized spacial score (nSPS) is 19.6. The van der Waals surface area contributed by atoms with Crippen molar-refractivity contribution in [1.29, 1.82) is 0 Å². The van der Waals surface area contributed by atoms with Crippen molar-refractivity contribution in [2.24, 2.45) is 0 Å². The molecule has 2 aromatic rings. The summed E-state index contributed by atoms with van der Waals surface area (Å²) in [7, 11) is 0. The molecule has 1 aliphatic rings. The molecule has 172 valence electrons. The van der Waals surface area contributed by atoms with Crippen LogP contribution in [0.4, 0.5) is 17.6 Å². The average Bonchev–Trinajstić information content (AvgIpc) is 2.69. The summed E-state index contributed by atoms with van der Waals surface area (Å²) in [4.78, 5) is 12.5. The Morgan fingerprint density at radius 3 is 2.41 bits per heavy atom. The smallest absolute Gasteiger partial charge is 0.399 e. The van der Waals surface area contributed by atoms with Gasteiger partial charge in [-0.25, -0.2) is 4.39 Å². The standard InChI is InChI=1S/C22H19Cl2F4NO2S/c1-2-13-7-12(3-5-16(13)21(30)29-15-10-32(31)11-15)4-6-17(22(26,27)28)14-8-18(23)20(25)19(24)9-14/h3-9,15,17H,2,10-11H2,1H3,(H,29,30)/b6-4+. The van der Waals surface area contributed by atoms with Crippen molar-refractivity contribution in [1.82, 2.24) is 5.32 Å². The fraction of sp³-hybridized carbons (Fsp3) is 0.318. The zero-order valence-electron chi connectivity index (χ0n) is 16.8. The first-order valence-corrected chi connectivity index (χ1v) is 11.9. The summed E-state index contributed by atoms with van der Waals surface area (Å²) in [5, 5.41) is 1.83. The molecule has 1 atom stereocenters. The molecule has 0 radical (unpaired) electrons. The Balaban J connectivity index is 1.85. The molecule has 0 saturated carbocycles. The van der Waals surface area contributed by atoms with Gasteiger partial charge in [0.15, 0.2) is 5.82 Å². The SMILES string of the molecule is CCc1cc(/C=C/C(c2cc(Cl)c(F)c(Cl)c2)C(F)(F)F)ccc1C(=O)NC1C[S+]([O-])C1. The lowest BCUT2D eigenvalue weighted by molar-refractivity contribution is -0.139. The summed E-state index contributed by atoms with van der Waals surface area (Å²) in [6.07, 6.45) is -1.93. The number of carbonyl (C=O) groups is 1. The Bertz CT molecular complexity index is 1020. The maximum absolute atomic E-state index is 13.7. The second-order valence-corrected chi connectivity index (χ2v) is 9.75. The molecule has 1 heterocycles. The number of amides is 1. The molecule has 2 aromatic carbocycles. The summed E-state index contributed by atoms with van der Waals surface area (Å²) in [6.45, 7) is 1.83. The number of benzene rings is 2. The van der Waals surface area contributed by atoms with Gasteiger partial charge < -0.3 is 9.87 Å². The fourth-order valence-corrected chi connectivity index (χ4v) is 4.82. The van der Waals surface area contributed by atoms with E-state index in [2.05, 4.69) is 5.32 Å². The topological polar surface area (TPSA) is 52.2 Å². The van der Waals surface area contributed by atoms with E-state index in [4.69, 9.17) is 23.2 Å². The molecular formula is C22H19Cl2F4NO2S. The highest BCUT2D eigenvalue weighted by atomic mass is 35.5. The number of allylic oxidation sites excluding steroid dienone is 1. The zero-order chi connectivity index (χ0) is 23.6. The zero-order valence-corrected chi connectivity index (χ0v) is 19.1. The maximum atomic E-state index is 13.7. The first-order chi connectivity index (χ1) is 15.0. The number of hydrogen-bond acceptors (Lipinski definition) is 2. The molecular weight excluding hydrogens is 489 g/mol. The van der Waals surface area contributed by atoms with Crippen LogP contribution in [0.25, 0.3) is 6.08 Å². The van der Waals surface area contributed by atoms with Gasteiger partial charge in [0.2, 0.25) is 0 Å². The lowest BCUT2D eigenvalue weighted by Crippen LogP contribution is -2.53. The van der Waals surface area contributed by atoms with E-state index in [1.807, 2.05) is 6.92 Å². The fourth-order valence-electron chi connectivity index (χ4n) is 3.35. The number of rotatable bonds is 6. The number of carbonyl (C=O) groups excluding carboxylic acids is 1. The van der Waals surface area contributed by atoms with Crippen LogP contribution in [0, 0.1) is 5.82 Å². The Kier molecular flexibility index (Phi) is 7.81. The predicted octanol–water partition coefficient (Wildman–Crippen LogP) is 5.91. The molecule has 1 unspecified atom stereocenters. The Morgan fingerprint density at radius 2 is 1.88 bits per heavy atom. The number of nitrogens with one attached hydrogen (secondary N) is 1. The van der Waals surface area contributed by atoms with Gasteiger partial charge in [-0.3, -0.25) is 4.79 Å². The Hall–Kier alpha value is -1.74. The van der Waals surface area contributed by atoms with Crippen LogP contribution >= 0.6 is 23.2 Å². The molecule has 0 bridgehead atoms. The third-order valence-electron chi connectivity index (χ3n) is 5.06. The van der Waals surface area contributed by atoms with Gasteiger partial charge in [0.05, 0.1) is 16.0 Å². The third kappa shape index (κ3) is 5.78. The Morgan fingerprint density at radius 1 is 1.25 bits per heavy atom. The van der Waals surface area contributed by atoms with E-state index in [0.29, 0.717) is 34.6 Å². The molecule has 3 nitrogen and oxygen atoms in total. The van der Waals surface area contributed by atoms with Crippen molar-refractivity contribution >= 4 is 46.4 Å². The lowest BCUT2D eigenvalue weighted by Gasteiger charge is -2.29. The first-order valence-electron chi connectivity index (χ1n) is 9.67. The second-order valence-electron chi connectivity index (χ2n) is 7.39. The van der Waals surface area contributed by atoms with Crippen molar-refractivity contribution in [2.75, 3.05) is 11.5 Å². The van der Waals surface area contributed by atoms with Gasteiger partial charge in [-0.05, 0) is 52.5 Å². The van der Waals surface area contributed by atoms with E-state index < -0.39 is 39.1 Å². The van der Waals surface area contributed by atoms with E-state index in [-0.39, 0.29) is 17.5 Å². The molecule has 3 rings (SSSR count). The molecule has 1 aliphatic heterocycles. The number of aryl methyl sites for hydroxylation is 1. The van der Waals surface area contributed by atoms with Crippen LogP contribution in [-0.2, 0) is 17.6 Å². The van der Waals surface area contributed by atoms with E-state index in [1.54, 1.807) is 18.2 Å². The van der Waals surface area contributed by atoms with E-state index in [0.717, 1.165) is 18.2 Å². The van der Waals surface area contributed by atoms with Crippen LogP contribution in [0.3, 0.4) is 0 Å². The van der Waals surface area contributed by atoms with E-state index >= 15 is 0 Å². The monoisotopic (exact) mass is 507 g/mol. The van der Waals surface area contributed by atoms with Crippen molar-refractivity contribution in [2.45, 2.75) is 31.5 Å². The van der Waals surface area contributed by atoms with E-state index in [1.165, 1.54) is 6.08 Å². The number of hydrogen-bond donors (Lipinski definition) is 1. The highest BCUT2D eigenvalue weighted by Gasteiger charge is 2.39.